The summed E-state index contributed by atoms with van der Waals surface area (Å²) in [6.07, 6.45) is 2.32. The molecular weight excluding hydrogens is 413 g/mol. The Balaban J connectivity index is -0.000000202. The molecule has 8 heteroatoms. The van der Waals surface area contributed by atoms with Gasteiger partial charge in [-0.2, -0.15) is 0 Å². The van der Waals surface area contributed by atoms with E-state index in [4.69, 9.17) is 4.74 Å². The summed E-state index contributed by atoms with van der Waals surface area (Å²) in [5.41, 5.74) is 0.465. The summed E-state index contributed by atoms with van der Waals surface area (Å²) in [5.74, 6) is -0.370. The summed E-state index contributed by atoms with van der Waals surface area (Å²) in [4.78, 5) is 21.8. The van der Waals surface area contributed by atoms with Crippen molar-refractivity contribution in [3.05, 3.63) is 24.8 Å². The van der Waals surface area contributed by atoms with E-state index in [1.807, 2.05) is 0 Å². The van der Waals surface area contributed by atoms with Gasteiger partial charge in [0, 0.05) is 18.5 Å². The standard InChI is InChI=1S/C11H22NO2.C10H20N2O.2ClH/c1-6-12(5,7-2)8-9-14-11(13)10(3)4;1-5-10(13)11-8-7-9-12(3,4)6-2;;/h3,6-9H2,1-2,4-5H3;5H,1,6-9H2,2-4H3;2*1H/q+1;;;/p-1. The third kappa shape index (κ3) is 20.0. The molecule has 29 heavy (non-hydrogen) atoms. The number of likely N-dealkylation sites (N-methyl/N-ethyl adjacent to an activating group) is 1. The van der Waals surface area contributed by atoms with Crippen molar-refractivity contribution < 1.29 is 48.1 Å². The molecule has 0 spiro atoms. The molecule has 0 rings (SSSR count). The van der Waals surface area contributed by atoms with Crippen LogP contribution in [0.3, 0.4) is 0 Å². The molecule has 0 saturated carbocycles. The predicted octanol–water partition coefficient (Wildman–Crippen LogP) is -3.62. The van der Waals surface area contributed by atoms with Crippen molar-refractivity contribution in [3.63, 3.8) is 0 Å². The largest absolute Gasteiger partial charge is 1.00 e. The van der Waals surface area contributed by atoms with E-state index in [0.717, 1.165) is 54.7 Å². The van der Waals surface area contributed by atoms with Gasteiger partial charge in [-0.15, -0.1) is 0 Å². The van der Waals surface area contributed by atoms with Crippen molar-refractivity contribution >= 4 is 11.9 Å². The zero-order valence-electron chi connectivity index (χ0n) is 19.5. The van der Waals surface area contributed by atoms with Crippen LogP contribution in [0, 0.1) is 0 Å². The minimum atomic E-state index is -0.288. The summed E-state index contributed by atoms with van der Waals surface area (Å²) in [6, 6.07) is 0. The normalized spacial score (nSPS) is 10.3. The third-order valence-electron chi connectivity index (χ3n) is 5.02. The highest BCUT2D eigenvalue weighted by molar-refractivity contribution is 5.87. The molecule has 0 aromatic rings. The topological polar surface area (TPSA) is 55.4 Å². The Bertz CT molecular complexity index is 480. The highest BCUT2D eigenvalue weighted by Crippen LogP contribution is 2.01. The molecule has 1 amide bonds. The maximum atomic E-state index is 11.1. The van der Waals surface area contributed by atoms with Gasteiger partial charge in [0.1, 0.15) is 13.2 Å². The number of hydrogen-bond acceptors (Lipinski definition) is 3. The number of nitrogens with one attached hydrogen (secondary N) is 1. The molecule has 0 aromatic carbocycles. The Labute approximate surface area is 191 Å². The van der Waals surface area contributed by atoms with Crippen LogP contribution in [0.15, 0.2) is 24.8 Å². The highest BCUT2D eigenvalue weighted by atomic mass is 35.5. The van der Waals surface area contributed by atoms with E-state index in [-0.39, 0.29) is 36.7 Å². The lowest BCUT2D eigenvalue weighted by molar-refractivity contribution is -0.906. The van der Waals surface area contributed by atoms with E-state index < -0.39 is 0 Å². The predicted molar refractivity (Wildman–Crippen MR) is 113 cm³/mol. The van der Waals surface area contributed by atoms with Crippen LogP contribution in [-0.4, -0.2) is 87.9 Å². The van der Waals surface area contributed by atoms with Gasteiger partial charge in [-0.25, -0.2) is 4.79 Å². The third-order valence-corrected chi connectivity index (χ3v) is 5.02. The van der Waals surface area contributed by atoms with Crippen LogP contribution in [0.4, 0.5) is 0 Å². The van der Waals surface area contributed by atoms with Gasteiger partial charge in [-0.3, -0.25) is 4.79 Å². The first-order valence-electron chi connectivity index (χ1n) is 9.85. The fourth-order valence-corrected chi connectivity index (χ4v) is 1.97. The minimum absolute atomic E-state index is 0. The lowest BCUT2D eigenvalue weighted by atomic mass is 10.3. The first kappa shape index (κ1) is 35.4. The quantitative estimate of drug-likeness (QED) is 0.143. The van der Waals surface area contributed by atoms with Gasteiger partial charge in [-0.1, -0.05) is 13.2 Å². The molecule has 0 aromatic heterocycles. The van der Waals surface area contributed by atoms with Crippen molar-refractivity contribution in [2.24, 2.45) is 0 Å². The summed E-state index contributed by atoms with van der Waals surface area (Å²) in [6.45, 7) is 21.4. The van der Waals surface area contributed by atoms with E-state index in [2.05, 4.69) is 60.4 Å². The van der Waals surface area contributed by atoms with Crippen molar-refractivity contribution in [1.29, 1.82) is 0 Å². The lowest BCUT2D eigenvalue weighted by Gasteiger charge is -2.31. The minimum Gasteiger partial charge on any atom is -1.00 e. The monoisotopic (exact) mass is 455 g/mol. The molecule has 0 aliphatic carbocycles. The van der Waals surface area contributed by atoms with Crippen LogP contribution in [-0.2, 0) is 14.3 Å². The Kier molecular flexibility index (Phi) is 23.1. The van der Waals surface area contributed by atoms with E-state index in [1.54, 1.807) is 6.92 Å². The van der Waals surface area contributed by atoms with Crippen LogP contribution in [0.2, 0.25) is 0 Å². The molecule has 0 aliphatic rings. The van der Waals surface area contributed by atoms with Crippen LogP contribution in [0.25, 0.3) is 0 Å². The molecular formula is C21H43Cl2N3O3. The molecule has 174 valence electrons. The van der Waals surface area contributed by atoms with Crippen LogP contribution >= 0.6 is 0 Å². The van der Waals surface area contributed by atoms with Gasteiger partial charge in [0.05, 0.1) is 47.3 Å². The molecule has 0 atom stereocenters. The average Bonchev–Trinajstić information content (AvgIpc) is 2.65. The first-order valence-corrected chi connectivity index (χ1v) is 9.85. The van der Waals surface area contributed by atoms with Crippen LogP contribution in [0.1, 0.15) is 34.1 Å². The second-order valence-corrected chi connectivity index (χ2v) is 7.72. The zero-order valence-corrected chi connectivity index (χ0v) is 21.0. The van der Waals surface area contributed by atoms with Crippen molar-refractivity contribution in [1.82, 2.24) is 5.32 Å². The lowest BCUT2D eigenvalue weighted by Crippen LogP contribution is -3.00. The summed E-state index contributed by atoms with van der Waals surface area (Å²) in [5, 5.41) is 2.76. The highest BCUT2D eigenvalue weighted by Gasteiger charge is 2.16. The van der Waals surface area contributed by atoms with E-state index in [9.17, 15) is 9.59 Å². The molecule has 0 heterocycles. The Hall–Kier alpha value is -1.08. The number of halogens is 2. The van der Waals surface area contributed by atoms with Gasteiger partial charge in [-0.05, 0) is 33.8 Å². The van der Waals surface area contributed by atoms with Crippen molar-refractivity contribution in [2.75, 3.05) is 67.0 Å². The number of nitrogens with zero attached hydrogens (tertiary/aromatic N) is 2. The number of amides is 1. The summed E-state index contributed by atoms with van der Waals surface area (Å²) < 4.78 is 6.99. The van der Waals surface area contributed by atoms with Gasteiger partial charge >= 0.3 is 5.97 Å². The Morgan fingerprint density at radius 3 is 1.90 bits per heavy atom. The molecule has 0 unspecified atom stereocenters. The Morgan fingerprint density at radius 1 is 1.00 bits per heavy atom. The summed E-state index contributed by atoms with van der Waals surface area (Å²) in [7, 11) is 6.54. The molecule has 0 radical (unpaired) electrons. The van der Waals surface area contributed by atoms with Gasteiger partial charge in [0.15, 0.2) is 0 Å². The molecule has 6 nitrogen and oxygen atoms in total. The van der Waals surface area contributed by atoms with Gasteiger partial charge in [0.25, 0.3) is 0 Å². The number of ether oxygens (including phenoxy) is 1. The zero-order chi connectivity index (χ0) is 21.5. The second-order valence-electron chi connectivity index (χ2n) is 7.72. The number of carbonyl (C=O) groups excluding carboxylic acids is 2. The molecule has 0 bridgehead atoms. The fraction of sp³-hybridized carbons (Fsp3) is 0.714. The number of quaternary nitrogens is 2. The van der Waals surface area contributed by atoms with Crippen LogP contribution in [0.5, 0.6) is 0 Å². The fourth-order valence-electron chi connectivity index (χ4n) is 1.97. The van der Waals surface area contributed by atoms with Crippen molar-refractivity contribution in [2.45, 2.75) is 34.1 Å². The SMILES string of the molecule is C=C(C)C(=O)OCC[N+](C)(CC)CC.C=CC(=O)NCCC[N+](C)(C)CC.[Cl-].[Cl-]. The number of esters is 1. The molecule has 0 fully saturated rings. The molecule has 1 N–H and O–H groups in total. The smallest absolute Gasteiger partial charge is 0.333 e. The Morgan fingerprint density at radius 2 is 1.52 bits per heavy atom. The van der Waals surface area contributed by atoms with Crippen molar-refractivity contribution in [3.8, 4) is 0 Å². The van der Waals surface area contributed by atoms with E-state index >= 15 is 0 Å². The summed E-state index contributed by atoms with van der Waals surface area (Å²) >= 11 is 0. The van der Waals surface area contributed by atoms with Crippen LogP contribution < -0.4 is 30.1 Å². The number of hydrogen-bond donors (Lipinski definition) is 1. The van der Waals surface area contributed by atoms with E-state index in [1.165, 1.54) is 6.08 Å². The van der Waals surface area contributed by atoms with E-state index in [0.29, 0.717) is 12.2 Å². The molecule has 0 aliphatic heterocycles. The first-order chi connectivity index (χ1) is 12.5. The van der Waals surface area contributed by atoms with Gasteiger partial charge < -0.3 is 43.8 Å². The number of rotatable bonds is 12. The number of carbonyl (C=O) groups is 2. The second kappa shape index (κ2) is 18.9. The molecule has 0 saturated heterocycles. The average molecular weight is 456 g/mol. The van der Waals surface area contributed by atoms with Gasteiger partial charge in [0.2, 0.25) is 5.91 Å². The maximum Gasteiger partial charge on any atom is 0.333 e. The maximum absolute atomic E-state index is 11.1.